The van der Waals surface area contributed by atoms with E-state index in [-0.39, 0.29) is 31.2 Å². The summed E-state index contributed by atoms with van der Waals surface area (Å²) in [6.45, 7) is 5.15. The number of aliphatic hydroxyl groups is 1. The van der Waals surface area contributed by atoms with E-state index in [1.54, 1.807) is 31.2 Å². The molecule has 3 aromatic rings. The zero-order valence-electron chi connectivity index (χ0n) is 19.2. The van der Waals surface area contributed by atoms with Gasteiger partial charge in [0.15, 0.2) is 5.69 Å². The molecule has 0 saturated carbocycles. The topological polar surface area (TPSA) is 67.2 Å². The summed E-state index contributed by atoms with van der Waals surface area (Å²) in [6.07, 6.45) is -4.48. The Balaban J connectivity index is 1.83. The smallest absolute Gasteiger partial charge is 0.396 e. The molecule has 1 aromatic heterocycles. The molecule has 0 aliphatic rings. The van der Waals surface area contributed by atoms with Crippen LogP contribution < -0.4 is 5.32 Å². The summed E-state index contributed by atoms with van der Waals surface area (Å²) in [5.74, 6) is -1.55. The van der Waals surface area contributed by atoms with Crippen molar-refractivity contribution in [3.05, 3.63) is 82.4 Å². The zero-order valence-corrected chi connectivity index (χ0v) is 19.2. The molecule has 0 aliphatic heterocycles. The third-order valence-corrected chi connectivity index (χ3v) is 5.65. The Morgan fingerprint density at radius 2 is 1.82 bits per heavy atom. The SMILES string of the molecule is CC(C)c1cccc(-n2nc(C(F)(F)F)cc2CNC(=O)C(C)c2ccc(CCO)c(F)c2)c1. The first-order valence-electron chi connectivity index (χ1n) is 10.9. The molecule has 5 nitrogen and oxygen atoms in total. The Morgan fingerprint density at radius 3 is 2.44 bits per heavy atom. The zero-order chi connectivity index (χ0) is 25.0. The number of nitrogens with one attached hydrogen (secondary N) is 1. The highest BCUT2D eigenvalue weighted by atomic mass is 19.4. The van der Waals surface area contributed by atoms with Gasteiger partial charge in [-0.2, -0.15) is 18.3 Å². The van der Waals surface area contributed by atoms with Gasteiger partial charge in [0.05, 0.1) is 23.8 Å². The molecule has 0 radical (unpaired) electrons. The predicted molar refractivity (Wildman–Crippen MR) is 120 cm³/mol. The second-order valence-corrected chi connectivity index (χ2v) is 8.44. The number of alkyl halides is 3. The lowest BCUT2D eigenvalue weighted by Crippen LogP contribution is -2.28. The minimum atomic E-state index is -4.64. The van der Waals surface area contributed by atoms with Gasteiger partial charge >= 0.3 is 6.18 Å². The van der Waals surface area contributed by atoms with Crippen molar-refractivity contribution in [2.45, 2.75) is 51.7 Å². The lowest BCUT2D eigenvalue weighted by Gasteiger charge is -2.15. The molecule has 1 unspecified atom stereocenters. The largest absolute Gasteiger partial charge is 0.435 e. The predicted octanol–water partition coefficient (Wildman–Crippen LogP) is 5.11. The van der Waals surface area contributed by atoms with Crippen LogP contribution in [0.1, 0.15) is 60.7 Å². The van der Waals surface area contributed by atoms with Gasteiger partial charge in [0.1, 0.15) is 5.82 Å². The molecule has 3 rings (SSSR count). The molecule has 2 aromatic carbocycles. The molecule has 34 heavy (non-hydrogen) atoms. The summed E-state index contributed by atoms with van der Waals surface area (Å²) in [5.41, 5.74) is 1.27. The number of aromatic nitrogens is 2. The van der Waals surface area contributed by atoms with Crippen LogP contribution >= 0.6 is 0 Å². The highest BCUT2D eigenvalue weighted by molar-refractivity contribution is 5.83. The first kappa shape index (κ1) is 25.4. The average Bonchev–Trinajstić information content (AvgIpc) is 3.23. The van der Waals surface area contributed by atoms with Crippen molar-refractivity contribution in [2.24, 2.45) is 0 Å². The second-order valence-electron chi connectivity index (χ2n) is 8.44. The molecule has 1 heterocycles. The van der Waals surface area contributed by atoms with Gasteiger partial charge in [0, 0.05) is 6.61 Å². The molecule has 0 fully saturated rings. The van der Waals surface area contributed by atoms with E-state index in [2.05, 4.69) is 10.4 Å². The number of carbonyl (C=O) groups is 1. The number of benzene rings is 2. The Hall–Kier alpha value is -3.20. The first-order valence-corrected chi connectivity index (χ1v) is 10.9. The Kier molecular flexibility index (Phi) is 7.76. The van der Waals surface area contributed by atoms with Crippen molar-refractivity contribution in [1.82, 2.24) is 15.1 Å². The second kappa shape index (κ2) is 10.4. The van der Waals surface area contributed by atoms with Crippen LogP contribution in [-0.2, 0) is 23.9 Å². The molecule has 0 aliphatic carbocycles. The molecule has 1 amide bonds. The van der Waals surface area contributed by atoms with E-state index < -0.39 is 29.5 Å². The normalized spacial score (nSPS) is 12.7. The van der Waals surface area contributed by atoms with Crippen LogP contribution in [0.25, 0.3) is 5.69 Å². The van der Waals surface area contributed by atoms with Crippen molar-refractivity contribution in [1.29, 1.82) is 0 Å². The molecule has 182 valence electrons. The minimum absolute atomic E-state index is 0.163. The Labute approximate surface area is 195 Å². The highest BCUT2D eigenvalue weighted by Crippen LogP contribution is 2.30. The van der Waals surface area contributed by atoms with Gasteiger partial charge in [-0.05, 0) is 60.2 Å². The molecular formula is C25H27F4N3O2. The Morgan fingerprint density at radius 1 is 1.09 bits per heavy atom. The van der Waals surface area contributed by atoms with Gasteiger partial charge in [-0.1, -0.05) is 38.1 Å². The lowest BCUT2D eigenvalue weighted by molar-refractivity contribution is -0.141. The van der Waals surface area contributed by atoms with E-state index in [1.807, 2.05) is 19.9 Å². The van der Waals surface area contributed by atoms with Crippen molar-refractivity contribution >= 4 is 5.91 Å². The molecule has 1 atom stereocenters. The van der Waals surface area contributed by atoms with Crippen LogP contribution in [0.2, 0.25) is 0 Å². The van der Waals surface area contributed by atoms with Crippen molar-refractivity contribution in [3.8, 4) is 5.69 Å². The van der Waals surface area contributed by atoms with Crippen LogP contribution in [0.5, 0.6) is 0 Å². The van der Waals surface area contributed by atoms with E-state index in [0.29, 0.717) is 16.8 Å². The quantitative estimate of drug-likeness (QED) is 0.443. The third-order valence-electron chi connectivity index (χ3n) is 5.65. The van der Waals surface area contributed by atoms with Gasteiger partial charge in [0.25, 0.3) is 0 Å². The van der Waals surface area contributed by atoms with E-state index >= 15 is 0 Å². The third kappa shape index (κ3) is 5.83. The monoisotopic (exact) mass is 477 g/mol. The number of carbonyl (C=O) groups excluding carboxylic acids is 1. The van der Waals surface area contributed by atoms with Crippen molar-refractivity contribution in [2.75, 3.05) is 6.61 Å². The summed E-state index contributed by atoms with van der Waals surface area (Å²) in [5, 5.41) is 15.4. The van der Waals surface area contributed by atoms with Gasteiger partial charge in [-0.3, -0.25) is 4.79 Å². The maximum atomic E-state index is 14.2. The minimum Gasteiger partial charge on any atom is -0.396 e. The summed E-state index contributed by atoms with van der Waals surface area (Å²) in [7, 11) is 0. The molecule has 2 N–H and O–H groups in total. The fourth-order valence-electron chi connectivity index (χ4n) is 3.56. The van der Waals surface area contributed by atoms with Crippen LogP contribution in [0.4, 0.5) is 17.6 Å². The number of halogens is 4. The van der Waals surface area contributed by atoms with Crippen molar-refractivity contribution in [3.63, 3.8) is 0 Å². The van der Waals surface area contributed by atoms with E-state index in [0.717, 1.165) is 11.6 Å². The number of amides is 1. The van der Waals surface area contributed by atoms with Gasteiger partial charge in [-0.15, -0.1) is 0 Å². The van der Waals surface area contributed by atoms with Crippen LogP contribution in [-0.4, -0.2) is 27.4 Å². The summed E-state index contributed by atoms with van der Waals surface area (Å²) < 4.78 is 55.5. The fourth-order valence-corrected chi connectivity index (χ4v) is 3.56. The lowest BCUT2D eigenvalue weighted by atomic mass is 9.98. The number of hydrogen-bond donors (Lipinski definition) is 2. The number of rotatable bonds is 8. The number of nitrogens with zero attached hydrogens (tertiary/aromatic N) is 2. The summed E-state index contributed by atoms with van der Waals surface area (Å²) in [4.78, 5) is 12.7. The van der Waals surface area contributed by atoms with Gasteiger partial charge in [0.2, 0.25) is 5.91 Å². The standard InChI is InChI=1S/C25H27F4N3O2/c1-15(2)18-5-4-6-20(11-18)32-21(13-23(31-32)25(27,28)29)14-30-24(34)16(3)19-8-7-17(9-10-33)22(26)12-19/h4-8,11-13,15-16,33H,9-10,14H2,1-3H3,(H,30,34). The number of hydrogen-bond acceptors (Lipinski definition) is 3. The van der Waals surface area contributed by atoms with Crippen LogP contribution in [0.3, 0.4) is 0 Å². The van der Waals surface area contributed by atoms with Crippen LogP contribution in [0, 0.1) is 5.82 Å². The summed E-state index contributed by atoms with van der Waals surface area (Å²) in [6, 6.07) is 12.3. The van der Waals surface area contributed by atoms with Gasteiger partial charge < -0.3 is 10.4 Å². The van der Waals surface area contributed by atoms with Crippen molar-refractivity contribution < 1.29 is 27.5 Å². The Bertz CT molecular complexity index is 1160. The maximum absolute atomic E-state index is 14.2. The first-order chi connectivity index (χ1) is 16.0. The molecule has 9 heteroatoms. The maximum Gasteiger partial charge on any atom is 0.435 e. The molecule has 0 bridgehead atoms. The van der Waals surface area contributed by atoms with Gasteiger partial charge in [-0.25, -0.2) is 9.07 Å². The average molecular weight is 478 g/mol. The highest BCUT2D eigenvalue weighted by Gasteiger charge is 2.35. The molecule has 0 saturated heterocycles. The number of aliphatic hydroxyl groups excluding tert-OH is 1. The summed E-state index contributed by atoms with van der Waals surface area (Å²) >= 11 is 0. The molecule has 0 spiro atoms. The fraction of sp³-hybridized carbons (Fsp3) is 0.360. The molecular weight excluding hydrogens is 450 g/mol. The van der Waals surface area contributed by atoms with E-state index in [9.17, 15) is 22.4 Å². The van der Waals surface area contributed by atoms with E-state index in [1.165, 1.54) is 16.8 Å². The van der Waals surface area contributed by atoms with Crippen LogP contribution in [0.15, 0.2) is 48.5 Å². The van der Waals surface area contributed by atoms with E-state index in [4.69, 9.17) is 5.11 Å².